The predicted octanol–water partition coefficient (Wildman–Crippen LogP) is 1.42. The molecule has 2 N–H and O–H groups in total. The minimum atomic E-state index is -0.648. The summed E-state index contributed by atoms with van der Waals surface area (Å²) >= 11 is 0. The van der Waals surface area contributed by atoms with Gasteiger partial charge in [0, 0.05) is 5.69 Å². The Morgan fingerprint density at radius 3 is 2.90 bits per heavy atom. The summed E-state index contributed by atoms with van der Waals surface area (Å²) in [7, 11) is 0. The molecule has 1 aliphatic rings. The predicted molar refractivity (Wildman–Crippen MR) is 76.9 cm³/mol. The number of aromatic nitrogens is 3. The van der Waals surface area contributed by atoms with Crippen molar-refractivity contribution in [3.8, 4) is 0 Å². The third kappa shape index (κ3) is 2.49. The van der Waals surface area contributed by atoms with Gasteiger partial charge in [-0.1, -0.05) is 18.2 Å². The average molecular weight is 285 g/mol. The average Bonchev–Trinajstić information content (AvgIpc) is 2.90. The third-order valence-electron chi connectivity index (χ3n) is 3.37. The fourth-order valence-corrected chi connectivity index (χ4v) is 2.31. The van der Waals surface area contributed by atoms with Crippen LogP contribution in [0.15, 0.2) is 24.3 Å². The van der Waals surface area contributed by atoms with Gasteiger partial charge in [-0.15, -0.1) is 0 Å². The number of amides is 2. The quantitative estimate of drug-likeness (QED) is 0.892. The zero-order valence-electron chi connectivity index (χ0n) is 11.8. The van der Waals surface area contributed by atoms with Crippen LogP contribution in [0.25, 0.3) is 0 Å². The molecule has 1 atom stereocenters. The van der Waals surface area contributed by atoms with E-state index in [0.29, 0.717) is 11.8 Å². The van der Waals surface area contributed by atoms with E-state index in [0.717, 1.165) is 11.3 Å². The summed E-state index contributed by atoms with van der Waals surface area (Å²) in [5, 5.41) is 9.58. The van der Waals surface area contributed by atoms with Gasteiger partial charge in [-0.2, -0.15) is 10.1 Å². The Morgan fingerprint density at radius 2 is 2.14 bits per heavy atom. The van der Waals surface area contributed by atoms with Crippen LogP contribution in [-0.2, 0) is 9.59 Å². The highest BCUT2D eigenvalue weighted by Gasteiger charge is 2.34. The number of benzene rings is 1. The topological polar surface area (TPSA) is 88.9 Å². The number of anilines is 2. The third-order valence-corrected chi connectivity index (χ3v) is 3.37. The number of carbonyl (C=O) groups excluding carboxylic acids is 2. The summed E-state index contributed by atoms with van der Waals surface area (Å²) in [5.41, 5.74) is 1.72. The van der Waals surface area contributed by atoms with E-state index in [2.05, 4.69) is 20.7 Å². The molecular weight excluding hydrogens is 270 g/mol. The normalized spacial score (nSPS) is 16.5. The van der Waals surface area contributed by atoms with Crippen LogP contribution in [0.3, 0.4) is 0 Å². The Balaban J connectivity index is 1.73. The summed E-state index contributed by atoms with van der Waals surface area (Å²) in [6, 6.07) is 6.85. The lowest BCUT2D eigenvalue weighted by atomic mass is 10.1. The molecular formula is C14H15N5O2. The number of nitrogens with one attached hydrogen (secondary N) is 2. The van der Waals surface area contributed by atoms with Gasteiger partial charge in [0.05, 0.1) is 6.42 Å². The highest BCUT2D eigenvalue weighted by Crippen LogP contribution is 2.25. The van der Waals surface area contributed by atoms with Crippen molar-refractivity contribution >= 4 is 23.5 Å². The number of nitrogens with zero attached hydrogens (tertiary/aromatic N) is 3. The summed E-state index contributed by atoms with van der Waals surface area (Å²) < 4.78 is 1.47. The van der Waals surface area contributed by atoms with Gasteiger partial charge in [0.1, 0.15) is 11.9 Å². The SMILES string of the molecule is Cc1nc2n(n1)[C@H](CC(=O)Nc1ccccc1C)C(=O)N2. The largest absolute Gasteiger partial charge is 0.326 e. The molecule has 1 aromatic carbocycles. The number of hydrogen-bond acceptors (Lipinski definition) is 4. The number of aryl methyl sites for hydroxylation is 2. The smallest absolute Gasteiger partial charge is 0.252 e. The van der Waals surface area contributed by atoms with E-state index in [1.165, 1.54) is 4.68 Å². The minimum absolute atomic E-state index is 0.0238. The van der Waals surface area contributed by atoms with Crippen LogP contribution in [0.4, 0.5) is 11.6 Å². The number of hydrogen-bond donors (Lipinski definition) is 2. The lowest BCUT2D eigenvalue weighted by Gasteiger charge is -2.11. The van der Waals surface area contributed by atoms with Crippen LogP contribution in [0.1, 0.15) is 23.9 Å². The van der Waals surface area contributed by atoms with E-state index < -0.39 is 6.04 Å². The maximum atomic E-state index is 12.1. The molecule has 0 bridgehead atoms. The molecule has 0 saturated carbocycles. The molecule has 0 fully saturated rings. The van der Waals surface area contributed by atoms with Crippen LogP contribution < -0.4 is 10.6 Å². The molecule has 0 unspecified atom stereocenters. The number of fused-ring (bicyclic) bond motifs is 1. The number of para-hydroxylation sites is 1. The Labute approximate surface area is 121 Å². The first-order chi connectivity index (χ1) is 10.0. The van der Waals surface area contributed by atoms with Gasteiger partial charge >= 0.3 is 0 Å². The first kappa shape index (κ1) is 13.3. The Kier molecular flexibility index (Phi) is 3.17. The Hall–Kier alpha value is -2.70. The zero-order chi connectivity index (χ0) is 15.0. The summed E-state index contributed by atoms with van der Waals surface area (Å²) in [6.07, 6.45) is 0.0238. The molecule has 2 heterocycles. The van der Waals surface area contributed by atoms with Gasteiger partial charge in [0.2, 0.25) is 11.9 Å². The maximum absolute atomic E-state index is 12.1. The van der Waals surface area contributed by atoms with Crippen molar-refractivity contribution in [2.24, 2.45) is 0 Å². The van der Waals surface area contributed by atoms with Gasteiger partial charge in [-0.3, -0.25) is 14.9 Å². The molecule has 21 heavy (non-hydrogen) atoms. The van der Waals surface area contributed by atoms with Crippen molar-refractivity contribution < 1.29 is 9.59 Å². The first-order valence-corrected chi connectivity index (χ1v) is 6.64. The first-order valence-electron chi connectivity index (χ1n) is 6.64. The molecule has 108 valence electrons. The monoisotopic (exact) mass is 285 g/mol. The summed E-state index contributed by atoms with van der Waals surface area (Å²) in [5.74, 6) is 0.468. The van der Waals surface area contributed by atoms with Gasteiger partial charge in [-0.05, 0) is 25.5 Å². The molecule has 7 heteroatoms. The molecule has 0 aliphatic carbocycles. The second-order valence-electron chi connectivity index (χ2n) is 5.00. The second kappa shape index (κ2) is 5.01. The lowest BCUT2D eigenvalue weighted by molar-refractivity contribution is -0.123. The van der Waals surface area contributed by atoms with E-state index in [9.17, 15) is 9.59 Å². The molecule has 2 aromatic rings. The van der Waals surface area contributed by atoms with Crippen LogP contribution in [-0.4, -0.2) is 26.6 Å². The van der Waals surface area contributed by atoms with E-state index in [1.54, 1.807) is 6.92 Å². The Bertz CT molecular complexity index is 722. The Morgan fingerprint density at radius 1 is 1.38 bits per heavy atom. The highest BCUT2D eigenvalue weighted by atomic mass is 16.2. The van der Waals surface area contributed by atoms with E-state index in [1.807, 2.05) is 31.2 Å². The van der Waals surface area contributed by atoms with Crippen molar-refractivity contribution in [1.29, 1.82) is 0 Å². The highest BCUT2D eigenvalue weighted by molar-refractivity contribution is 6.01. The van der Waals surface area contributed by atoms with Gasteiger partial charge in [0.25, 0.3) is 5.91 Å². The molecule has 7 nitrogen and oxygen atoms in total. The number of rotatable bonds is 3. The van der Waals surface area contributed by atoms with Crippen LogP contribution >= 0.6 is 0 Å². The van der Waals surface area contributed by atoms with E-state index >= 15 is 0 Å². The molecule has 0 saturated heterocycles. The maximum Gasteiger partial charge on any atom is 0.252 e. The van der Waals surface area contributed by atoms with Crippen LogP contribution in [0.2, 0.25) is 0 Å². The van der Waals surface area contributed by atoms with Gasteiger partial charge < -0.3 is 5.32 Å². The molecule has 1 aromatic heterocycles. The minimum Gasteiger partial charge on any atom is -0.326 e. The van der Waals surface area contributed by atoms with Crippen molar-refractivity contribution in [2.75, 3.05) is 10.6 Å². The molecule has 3 rings (SSSR count). The van der Waals surface area contributed by atoms with E-state index in [4.69, 9.17) is 0 Å². The van der Waals surface area contributed by atoms with Gasteiger partial charge in [0.15, 0.2) is 0 Å². The van der Waals surface area contributed by atoms with Crippen molar-refractivity contribution in [1.82, 2.24) is 14.8 Å². The molecule has 0 spiro atoms. The molecule has 2 amide bonds. The van der Waals surface area contributed by atoms with Crippen LogP contribution in [0, 0.1) is 13.8 Å². The number of carbonyl (C=O) groups is 2. The second-order valence-corrected chi connectivity index (χ2v) is 5.00. The molecule has 0 radical (unpaired) electrons. The van der Waals surface area contributed by atoms with E-state index in [-0.39, 0.29) is 18.2 Å². The summed E-state index contributed by atoms with van der Waals surface area (Å²) in [4.78, 5) is 28.1. The molecule has 1 aliphatic heterocycles. The fraction of sp³-hybridized carbons (Fsp3) is 0.286. The van der Waals surface area contributed by atoms with Crippen molar-refractivity contribution in [3.63, 3.8) is 0 Å². The lowest BCUT2D eigenvalue weighted by Crippen LogP contribution is -2.24. The fourth-order valence-electron chi connectivity index (χ4n) is 2.31. The van der Waals surface area contributed by atoms with Crippen molar-refractivity contribution in [2.45, 2.75) is 26.3 Å². The van der Waals surface area contributed by atoms with Gasteiger partial charge in [-0.25, -0.2) is 4.68 Å². The standard InChI is InChI=1S/C14H15N5O2/c1-8-5-3-4-6-10(8)16-12(20)7-11-13(21)17-14-15-9(2)18-19(11)14/h3-6,11H,7H2,1-2H3,(H,16,20)(H,15,17,18,21)/t11-/m1/s1. The van der Waals surface area contributed by atoms with Crippen molar-refractivity contribution in [3.05, 3.63) is 35.7 Å². The zero-order valence-corrected chi connectivity index (χ0v) is 11.8. The summed E-state index contributed by atoms with van der Waals surface area (Å²) in [6.45, 7) is 3.65. The van der Waals surface area contributed by atoms with Crippen LogP contribution in [0.5, 0.6) is 0 Å².